The van der Waals surface area contributed by atoms with E-state index in [1.807, 2.05) is 21.9 Å². The van der Waals surface area contributed by atoms with Gasteiger partial charge in [0, 0.05) is 38.7 Å². The Bertz CT molecular complexity index is 524. The van der Waals surface area contributed by atoms with Crippen LogP contribution in [-0.4, -0.2) is 47.8 Å². The number of benzene rings is 1. The first-order valence-corrected chi connectivity index (χ1v) is 8.17. The second-order valence-corrected chi connectivity index (χ2v) is 6.08. The van der Waals surface area contributed by atoms with E-state index in [1.54, 1.807) is 6.92 Å². The molecule has 1 aliphatic rings. The number of rotatable bonds is 3. The quantitative estimate of drug-likeness (QED) is 0.861. The van der Waals surface area contributed by atoms with Gasteiger partial charge in [0.05, 0.1) is 0 Å². The van der Waals surface area contributed by atoms with Gasteiger partial charge < -0.3 is 9.80 Å². The van der Waals surface area contributed by atoms with Crippen molar-refractivity contribution in [2.24, 2.45) is 0 Å². The van der Waals surface area contributed by atoms with Crippen LogP contribution in [0.5, 0.6) is 0 Å². The average molecular weight is 302 g/mol. The molecule has 120 valence electrons. The molecule has 1 aliphatic heterocycles. The van der Waals surface area contributed by atoms with Gasteiger partial charge in [0.1, 0.15) is 0 Å². The minimum Gasteiger partial charge on any atom is -0.341 e. The highest BCUT2D eigenvalue weighted by molar-refractivity contribution is 5.94. The molecular formula is C18H26N2O2. The molecule has 0 aromatic heterocycles. The van der Waals surface area contributed by atoms with Crippen LogP contribution in [0.3, 0.4) is 0 Å². The molecule has 1 fully saturated rings. The lowest BCUT2D eigenvalue weighted by atomic mass is 9.97. The van der Waals surface area contributed by atoms with Gasteiger partial charge in [-0.05, 0) is 36.5 Å². The van der Waals surface area contributed by atoms with Crippen molar-refractivity contribution in [1.29, 1.82) is 0 Å². The molecule has 4 nitrogen and oxygen atoms in total. The molecule has 2 amide bonds. The third-order valence-corrected chi connectivity index (χ3v) is 4.57. The van der Waals surface area contributed by atoms with E-state index >= 15 is 0 Å². The SMILES string of the molecule is CCC(C)c1ccc(C(=O)N2CCCN(C(C)=O)CC2)cc1. The van der Waals surface area contributed by atoms with Crippen molar-refractivity contribution in [2.45, 2.75) is 39.5 Å². The molecule has 22 heavy (non-hydrogen) atoms. The first kappa shape index (κ1) is 16.5. The molecule has 0 N–H and O–H groups in total. The summed E-state index contributed by atoms with van der Waals surface area (Å²) in [5.74, 6) is 0.680. The van der Waals surface area contributed by atoms with Gasteiger partial charge in [0.2, 0.25) is 5.91 Å². The minimum absolute atomic E-state index is 0.0705. The van der Waals surface area contributed by atoms with Gasteiger partial charge in [0.25, 0.3) is 5.91 Å². The van der Waals surface area contributed by atoms with Crippen LogP contribution in [0.25, 0.3) is 0 Å². The smallest absolute Gasteiger partial charge is 0.253 e. The Hall–Kier alpha value is -1.84. The fourth-order valence-corrected chi connectivity index (χ4v) is 2.81. The van der Waals surface area contributed by atoms with Crippen molar-refractivity contribution in [3.05, 3.63) is 35.4 Å². The monoisotopic (exact) mass is 302 g/mol. The predicted molar refractivity (Wildman–Crippen MR) is 87.9 cm³/mol. The van der Waals surface area contributed by atoms with E-state index in [4.69, 9.17) is 0 Å². The molecule has 0 spiro atoms. The summed E-state index contributed by atoms with van der Waals surface area (Å²) in [6.07, 6.45) is 1.94. The maximum Gasteiger partial charge on any atom is 0.253 e. The standard InChI is InChI=1S/C18H26N2O2/c1-4-14(2)16-6-8-17(9-7-16)18(22)20-11-5-10-19(12-13-20)15(3)21/h6-9,14H,4-5,10-13H2,1-3H3. The Labute approximate surface area is 133 Å². The summed E-state index contributed by atoms with van der Waals surface area (Å²) in [6.45, 7) is 8.66. The zero-order valence-corrected chi connectivity index (χ0v) is 13.8. The Morgan fingerprint density at radius 3 is 2.23 bits per heavy atom. The number of hydrogen-bond acceptors (Lipinski definition) is 2. The van der Waals surface area contributed by atoms with Crippen molar-refractivity contribution in [3.8, 4) is 0 Å². The van der Waals surface area contributed by atoms with Crippen LogP contribution in [0.15, 0.2) is 24.3 Å². The molecule has 0 radical (unpaired) electrons. The third kappa shape index (κ3) is 3.87. The summed E-state index contributed by atoms with van der Waals surface area (Å²) in [5, 5.41) is 0. The maximum absolute atomic E-state index is 12.6. The van der Waals surface area contributed by atoms with Gasteiger partial charge in [-0.3, -0.25) is 9.59 Å². The lowest BCUT2D eigenvalue weighted by Crippen LogP contribution is -2.36. The highest BCUT2D eigenvalue weighted by Gasteiger charge is 2.21. The molecule has 0 aliphatic carbocycles. The van der Waals surface area contributed by atoms with Crippen LogP contribution in [0, 0.1) is 0 Å². The summed E-state index contributed by atoms with van der Waals surface area (Å²) >= 11 is 0. The van der Waals surface area contributed by atoms with Gasteiger partial charge in [-0.2, -0.15) is 0 Å². The van der Waals surface area contributed by atoms with Gasteiger partial charge in [0.15, 0.2) is 0 Å². The van der Waals surface area contributed by atoms with Gasteiger partial charge in [-0.1, -0.05) is 26.0 Å². The number of hydrogen-bond donors (Lipinski definition) is 0. The largest absolute Gasteiger partial charge is 0.341 e. The normalized spacial score (nSPS) is 17.0. The van der Waals surface area contributed by atoms with E-state index in [2.05, 4.69) is 26.0 Å². The van der Waals surface area contributed by atoms with Gasteiger partial charge in [-0.15, -0.1) is 0 Å². The lowest BCUT2D eigenvalue weighted by Gasteiger charge is -2.21. The molecule has 1 heterocycles. The van der Waals surface area contributed by atoms with E-state index in [0.29, 0.717) is 19.0 Å². The zero-order valence-electron chi connectivity index (χ0n) is 13.8. The lowest BCUT2D eigenvalue weighted by molar-refractivity contribution is -0.128. The van der Waals surface area contributed by atoms with E-state index in [9.17, 15) is 9.59 Å². The van der Waals surface area contributed by atoms with Crippen molar-refractivity contribution in [1.82, 2.24) is 9.80 Å². The van der Waals surface area contributed by atoms with Crippen molar-refractivity contribution in [3.63, 3.8) is 0 Å². The highest BCUT2D eigenvalue weighted by atomic mass is 16.2. The number of nitrogens with zero attached hydrogens (tertiary/aromatic N) is 2. The zero-order chi connectivity index (χ0) is 16.1. The van der Waals surface area contributed by atoms with Crippen molar-refractivity contribution in [2.75, 3.05) is 26.2 Å². The highest BCUT2D eigenvalue weighted by Crippen LogP contribution is 2.19. The Kier molecular flexibility index (Phi) is 5.58. The van der Waals surface area contributed by atoms with Crippen LogP contribution in [0.1, 0.15) is 55.5 Å². The molecule has 1 aromatic rings. The van der Waals surface area contributed by atoms with Crippen LogP contribution in [-0.2, 0) is 4.79 Å². The molecule has 2 rings (SSSR count). The summed E-state index contributed by atoms with van der Waals surface area (Å²) in [6, 6.07) is 7.97. The second-order valence-electron chi connectivity index (χ2n) is 6.08. The fourth-order valence-electron chi connectivity index (χ4n) is 2.81. The van der Waals surface area contributed by atoms with Gasteiger partial charge in [-0.25, -0.2) is 0 Å². The van der Waals surface area contributed by atoms with Crippen molar-refractivity contribution < 1.29 is 9.59 Å². The first-order valence-electron chi connectivity index (χ1n) is 8.17. The molecule has 1 aromatic carbocycles. The molecule has 0 saturated carbocycles. The summed E-state index contributed by atoms with van der Waals surface area (Å²) in [5.41, 5.74) is 2.01. The van der Waals surface area contributed by atoms with Crippen molar-refractivity contribution >= 4 is 11.8 Å². The van der Waals surface area contributed by atoms with Crippen LogP contribution in [0.4, 0.5) is 0 Å². The first-order chi connectivity index (χ1) is 10.5. The average Bonchev–Trinajstić information content (AvgIpc) is 2.79. The van der Waals surface area contributed by atoms with E-state index < -0.39 is 0 Å². The van der Waals surface area contributed by atoms with E-state index in [0.717, 1.165) is 31.5 Å². The third-order valence-electron chi connectivity index (χ3n) is 4.57. The Balaban J connectivity index is 2.03. The van der Waals surface area contributed by atoms with Crippen LogP contribution < -0.4 is 0 Å². The molecule has 1 unspecified atom stereocenters. The molecular weight excluding hydrogens is 276 g/mol. The van der Waals surface area contributed by atoms with E-state index in [1.165, 1.54) is 5.56 Å². The summed E-state index contributed by atoms with van der Waals surface area (Å²) in [4.78, 5) is 27.7. The Morgan fingerprint density at radius 1 is 1.05 bits per heavy atom. The minimum atomic E-state index is 0.0705. The van der Waals surface area contributed by atoms with Crippen LogP contribution >= 0.6 is 0 Å². The summed E-state index contributed by atoms with van der Waals surface area (Å²) in [7, 11) is 0. The molecule has 0 bridgehead atoms. The summed E-state index contributed by atoms with van der Waals surface area (Å²) < 4.78 is 0. The molecule has 4 heteroatoms. The molecule has 1 atom stereocenters. The van der Waals surface area contributed by atoms with Crippen LogP contribution in [0.2, 0.25) is 0 Å². The van der Waals surface area contributed by atoms with Gasteiger partial charge >= 0.3 is 0 Å². The number of carbonyl (C=O) groups is 2. The number of carbonyl (C=O) groups excluding carboxylic acids is 2. The topological polar surface area (TPSA) is 40.6 Å². The predicted octanol–water partition coefficient (Wildman–Crippen LogP) is 2.89. The van der Waals surface area contributed by atoms with E-state index in [-0.39, 0.29) is 11.8 Å². The maximum atomic E-state index is 12.6. The fraction of sp³-hybridized carbons (Fsp3) is 0.556. The Morgan fingerprint density at radius 2 is 1.64 bits per heavy atom. The molecule has 1 saturated heterocycles. The second kappa shape index (κ2) is 7.43. The number of amides is 2.